The number of aldehydes is 1. The molecule has 15 heavy (non-hydrogen) atoms. The molecular weight excluding hydrogens is 192 g/mol. The van der Waals surface area contributed by atoms with Crippen LogP contribution in [0.1, 0.15) is 38.5 Å². The zero-order valence-electron chi connectivity index (χ0n) is 8.95. The van der Waals surface area contributed by atoms with Gasteiger partial charge in [-0.25, -0.2) is 5.43 Å². The first-order valence-corrected chi connectivity index (χ1v) is 5.81. The van der Waals surface area contributed by atoms with Crippen molar-refractivity contribution >= 4 is 12.2 Å². The van der Waals surface area contributed by atoms with Crippen LogP contribution < -0.4 is 5.43 Å². The Balaban J connectivity index is 1.85. The molecule has 0 aromatic heterocycles. The Hall–Kier alpha value is -0.900. The molecule has 1 aliphatic heterocycles. The summed E-state index contributed by atoms with van der Waals surface area (Å²) in [5.74, 6) is 0.809. The third kappa shape index (κ3) is 2.37. The fourth-order valence-electron chi connectivity index (χ4n) is 2.62. The van der Waals surface area contributed by atoms with Crippen molar-refractivity contribution in [2.75, 3.05) is 6.54 Å². The van der Waals surface area contributed by atoms with Gasteiger partial charge >= 0.3 is 0 Å². The average molecular weight is 210 g/mol. The van der Waals surface area contributed by atoms with Gasteiger partial charge in [-0.05, 0) is 18.8 Å². The third-order valence-corrected chi connectivity index (χ3v) is 3.46. The van der Waals surface area contributed by atoms with Crippen LogP contribution in [-0.4, -0.2) is 29.8 Å². The molecule has 4 nitrogen and oxygen atoms in total. The molecule has 1 amide bonds. The molecule has 0 spiro atoms. The lowest BCUT2D eigenvalue weighted by Gasteiger charge is -2.20. The summed E-state index contributed by atoms with van der Waals surface area (Å²) in [6.07, 6.45) is 6.98. The summed E-state index contributed by atoms with van der Waals surface area (Å²) in [7, 11) is 0. The Labute approximate surface area is 90.0 Å². The second-order valence-corrected chi connectivity index (χ2v) is 4.48. The molecule has 0 aromatic carbocycles. The summed E-state index contributed by atoms with van der Waals surface area (Å²) < 4.78 is 0. The first kappa shape index (κ1) is 10.6. The fraction of sp³-hybridized carbons (Fsp3) is 0.818. The largest absolute Gasteiger partial charge is 0.303 e. The molecule has 0 radical (unpaired) electrons. The zero-order chi connectivity index (χ0) is 10.7. The predicted octanol–water partition coefficient (Wildman–Crippen LogP) is 0.871. The number of amides is 1. The lowest BCUT2D eigenvalue weighted by molar-refractivity contribution is -0.129. The van der Waals surface area contributed by atoms with Crippen LogP contribution in [0, 0.1) is 5.92 Å². The second-order valence-electron chi connectivity index (χ2n) is 4.48. The van der Waals surface area contributed by atoms with Crippen molar-refractivity contribution in [3.63, 3.8) is 0 Å². The minimum absolute atomic E-state index is 0.147. The zero-order valence-corrected chi connectivity index (χ0v) is 8.95. The molecule has 1 saturated carbocycles. The number of hydrogen-bond acceptors (Lipinski definition) is 3. The molecule has 84 valence electrons. The van der Waals surface area contributed by atoms with Crippen molar-refractivity contribution in [2.24, 2.45) is 5.92 Å². The number of hydrazine groups is 1. The quantitative estimate of drug-likeness (QED) is 0.700. The summed E-state index contributed by atoms with van der Waals surface area (Å²) in [5.41, 5.74) is 3.24. The normalized spacial score (nSPS) is 27.6. The van der Waals surface area contributed by atoms with Gasteiger partial charge in [-0.1, -0.05) is 12.8 Å². The number of nitrogens with zero attached hydrogens (tertiary/aromatic N) is 1. The van der Waals surface area contributed by atoms with E-state index in [1.807, 2.05) is 0 Å². The van der Waals surface area contributed by atoms with E-state index >= 15 is 0 Å². The van der Waals surface area contributed by atoms with E-state index in [0.717, 1.165) is 6.29 Å². The highest BCUT2D eigenvalue weighted by molar-refractivity contribution is 5.78. The van der Waals surface area contributed by atoms with Gasteiger partial charge in [0.05, 0.1) is 0 Å². The van der Waals surface area contributed by atoms with Crippen molar-refractivity contribution < 1.29 is 9.59 Å². The van der Waals surface area contributed by atoms with E-state index in [4.69, 9.17) is 0 Å². The SMILES string of the molecule is O=CCCN1NC(C2CCCC2)CC1=O. The van der Waals surface area contributed by atoms with Gasteiger partial charge in [0.15, 0.2) is 0 Å². The fourth-order valence-corrected chi connectivity index (χ4v) is 2.62. The van der Waals surface area contributed by atoms with Crippen LogP contribution in [-0.2, 0) is 9.59 Å². The molecule has 0 bridgehead atoms. The Morgan fingerprint density at radius 3 is 2.80 bits per heavy atom. The number of rotatable bonds is 4. The first-order valence-electron chi connectivity index (χ1n) is 5.81. The van der Waals surface area contributed by atoms with Crippen LogP contribution in [0.4, 0.5) is 0 Å². The molecule has 2 rings (SSSR count). The number of nitrogens with one attached hydrogen (secondary N) is 1. The molecule has 1 aliphatic carbocycles. The van der Waals surface area contributed by atoms with Crippen molar-refractivity contribution in [1.29, 1.82) is 0 Å². The van der Waals surface area contributed by atoms with Gasteiger partial charge in [-0.3, -0.25) is 9.80 Å². The summed E-state index contributed by atoms with van der Waals surface area (Å²) in [5, 5.41) is 1.62. The Kier molecular flexibility index (Phi) is 3.36. The van der Waals surface area contributed by atoms with Gasteiger partial charge < -0.3 is 4.79 Å². The van der Waals surface area contributed by atoms with Gasteiger partial charge in [-0.15, -0.1) is 0 Å². The summed E-state index contributed by atoms with van der Waals surface area (Å²) in [6, 6.07) is 0.326. The van der Waals surface area contributed by atoms with E-state index < -0.39 is 0 Å². The van der Waals surface area contributed by atoms with E-state index in [2.05, 4.69) is 5.43 Å². The van der Waals surface area contributed by atoms with E-state index in [-0.39, 0.29) is 5.91 Å². The topological polar surface area (TPSA) is 49.4 Å². The summed E-state index contributed by atoms with van der Waals surface area (Å²) in [6.45, 7) is 0.519. The molecule has 2 aliphatic rings. The van der Waals surface area contributed by atoms with E-state index in [1.54, 1.807) is 5.01 Å². The Bertz CT molecular complexity index is 249. The smallest absolute Gasteiger partial charge is 0.238 e. The highest BCUT2D eigenvalue weighted by atomic mass is 16.2. The average Bonchev–Trinajstić information content (AvgIpc) is 2.83. The third-order valence-electron chi connectivity index (χ3n) is 3.46. The van der Waals surface area contributed by atoms with Crippen molar-refractivity contribution in [3.05, 3.63) is 0 Å². The van der Waals surface area contributed by atoms with Crippen LogP contribution in [0.15, 0.2) is 0 Å². The molecule has 4 heteroatoms. The van der Waals surface area contributed by atoms with Gasteiger partial charge in [0.2, 0.25) is 5.91 Å². The van der Waals surface area contributed by atoms with E-state index in [1.165, 1.54) is 25.7 Å². The van der Waals surface area contributed by atoms with Crippen LogP contribution in [0.5, 0.6) is 0 Å². The first-order chi connectivity index (χ1) is 7.31. The molecule has 1 N–H and O–H groups in total. The van der Waals surface area contributed by atoms with Crippen molar-refractivity contribution in [1.82, 2.24) is 10.4 Å². The van der Waals surface area contributed by atoms with E-state index in [0.29, 0.717) is 31.3 Å². The molecule has 0 aromatic rings. The second kappa shape index (κ2) is 4.75. The van der Waals surface area contributed by atoms with Gasteiger partial charge in [0, 0.05) is 25.4 Å². The molecule has 1 heterocycles. The van der Waals surface area contributed by atoms with Gasteiger partial charge in [0.1, 0.15) is 6.29 Å². The van der Waals surface area contributed by atoms with Crippen LogP contribution >= 0.6 is 0 Å². The minimum Gasteiger partial charge on any atom is -0.303 e. The maximum atomic E-state index is 11.6. The molecule has 1 atom stereocenters. The van der Waals surface area contributed by atoms with Crippen LogP contribution in [0.25, 0.3) is 0 Å². The van der Waals surface area contributed by atoms with Crippen LogP contribution in [0.2, 0.25) is 0 Å². The van der Waals surface area contributed by atoms with Crippen molar-refractivity contribution in [2.45, 2.75) is 44.6 Å². The highest BCUT2D eigenvalue weighted by Crippen LogP contribution is 2.31. The molecule has 1 unspecified atom stereocenters. The maximum Gasteiger partial charge on any atom is 0.238 e. The minimum atomic E-state index is 0.147. The van der Waals surface area contributed by atoms with Gasteiger partial charge in [0.25, 0.3) is 0 Å². The monoisotopic (exact) mass is 210 g/mol. The maximum absolute atomic E-state index is 11.6. The standard InChI is InChI=1S/C11H18N2O2/c14-7-3-6-13-11(15)8-10(12-13)9-4-1-2-5-9/h7,9-10,12H,1-6,8H2. The number of carbonyl (C=O) groups excluding carboxylic acids is 2. The number of carbonyl (C=O) groups is 2. The highest BCUT2D eigenvalue weighted by Gasteiger charge is 2.35. The summed E-state index contributed by atoms with van der Waals surface area (Å²) in [4.78, 5) is 21.8. The predicted molar refractivity (Wildman–Crippen MR) is 55.9 cm³/mol. The number of hydrogen-bond donors (Lipinski definition) is 1. The lowest BCUT2D eigenvalue weighted by Crippen LogP contribution is -2.40. The van der Waals surface area contributed by atoms with Gasteiger partial charge in [-0.2, -0.15) is 0 Å². The molecular formula is C11H18N2O2. The Morgan fingerprint density at radius 2 is 2.13 bits per heavy atom. The molecule has 2 fully saturated rings. The summed E-state index contributed by atoms with van der Waals surface area (Å²) >= 11 is 0. The van der Waals surface area contributed by atoms with Crippen LogP contribution in [0.3, 0.4) is 0 Å². The van der Waals surface area contributed by atoms with E-state index in [9.17, 15) is 9.59 Å². The lowest BCUT2D eigenvalue weighted by atomic mass is 9.97. The Morgan fingerprint density at radius 1 is 1.40 bits per heavy atom. The molecule has 1 saturated heterocycles. The van der Waals surface area contributed by atoms with Crippen molar-refractivity contribution in [3.8, 4) is 0 Å².